The van der Waals surface area contributed by atoms with Gasteiger partial charge in [-0.2, -0.15) is 0 Å². The van der Waals surface area contributed by atoms with E-state index in [1.54, 1.807) is 25.3 Å². The minimum absolute atomic E-state index is 0.134. The van der Waals surface area contributed by atoms with Gasteiger partial charge >= 0.3 is 5.97 Å². The van der Waals surface area contributed by atoms with Crippen LogP contribution in [0.1, 0.15) is 21.5 Å². The van der Waals surface area contributed by atoms with Gasteiger partial charge in [-0.1, -0.05) is 54.1 Å². The number of likely N-dealkylation sites (N-methyl/N-ethyl adjacent to an activating group) is 1. The number of carbonyl (C=O) groups is 2. The number of hydrogen-bond acceptors (Lipinski definition) is 5. The summed E-state index contributed by atoms with van der Waals surface area (Å²) >= 11 is 7.44. The Bertz CT molecular complexity index is 1290. The number of carboxylic acids is 1. The molecule has 0 aromatic heterocycles. The van der Waals surface area contributed by atoms with Crippen molar-refractivity contribution in [3.63, 3.8) is 0 Å². The van der Waals surface area contributed by atoms with Crippen molar-refractivity contribution >= 4 is 52.2 Å². The lowest BCUT2D eigenvalue weighted by molar-refractivity contribution is -0.121. The number of halogens is 1. The third-order valence-electron chi connectivity index (χ3n) is 4.87. The first kappa shape index (κ1) is 22.6. The summed E-state index contributed by atoms with van der Waals surface area (Å²) in [6.45, 7) is 0.299. The number of amides is 1. The number of carboxylic acid groups (broad SMARTS) is 1. The van der Waals surface area contributed by atoms with Gasteiger partial charge in [0.15, 0.2) is 5.17 Å². The average Bonchev–Trinajstić information content (AvgIpc) is 3.07. The third-order valence-corrected chi connectivity index (χ3v) is 6.30. The van der Waals surface area contributed by atoms with E-state index in [-0.39, 0.29) is 11.5 Å². The van der Waals surface area contributed by atoms with Crippen molar-refractivity contribution in [2.24, 2.45) is 4.99 Å². The smallest absolute Gasteiger partial charge is 0.335 e. The van der Waals surface area contributed by atoms with E-state index in [1.165, 1.54) is 28.8 Å². The number of ether oxygens (including phenoxy) is 1. The Morgan fingerprint density at radius 3 is 2.67 bits per heavy atom. The molecule has 0 unspecified atom stereocenters. The summed E-state index contributed by atoms with van der Waals surface area (Å²) < 4.78 is 5.99. The Hall–Kier alpha value is -3.55. The molecular formula is C25H19ClN2O4S. The van der Waals surface area contributed by atoms with Gasteiger partial charge in [0.1, 0.15) is 12.4 Å². The van der Waals surface area contributed by atoms with Gasteiger partial charge in [0.05, 0.1) is 16.2 Å². The number of thioether (sulfide) groups is 1. The molecule has 0 saturated carbocycles. The Kier molecular flexibility index (Phi) is 6.82. The molecule has 6 nitrogen and oxygen atoms in total. The second kappa shape index (κ2) is 9.94. The second-order valence-corrected chi connectivity index (χ2v) is 8.56. The molecule has 8 heteroatoms. The predicted octanol–water partition coefficient (Wildman–Crippen LogP) is 5.85. The van der Waals surface area contributed by atoms with Crippen molar-refractivity contribution in [1.82, 2.24) is 4.90 Å². The molecule has 3 aromatic carbocycles. The van der Waals surface area contributed by atoms with Gasteiger partial charge in [0.2, 0.25) is 0 Å². The van der Waals surface area contributed by atoms with Gasteiger partial charge in [-0.15, -0.1) is 0 Å². The topological polar surface area (TPSA) is 79.2 Å². The molecule has 166 valence electrons. The molecule has 0 spiro atoms. The maximum Gasteiger partial charge on any atom is 0.335 e. The number of aromatic carboxylic acids is 1. The Morgan fingerprint density at radius 1 is 1.12 bits per heavy atom. The number of benzene rings is 3. The van der Waals surface area contributed by atoms with Crippen molar-refractivity contribution in [2.75, 3.05) is 7.05 Å². The highest BCUT2D eigenvalue weighted by atomic mass is 35.5. The van der Waals surface area contributed by atoms with Crippen molar-refractivity contribution < 1.29 is 19.4 Å². The second-order valence-electron chi connectivity index (χ2n) is 7.14. The maximum atomic E-state index is 12.8. The summed E-state index contributed by atoms with van der Waals surface area (Å²) in [6.07, 6.45) is 1.77. The zero-order chi connectivity index (χ0) is 23.4. The van der Waals surface area contributed by atoms with Gasteiger partial charge in [0.25, 0.3) is 5.91 Å². The van der Waals surface area contributed by atoms with Gasteiger partial charge in [-0.05, 0) is 48.2 Å². The fraction of sp³-hybridized carbons (Fsp3) is 0.0800. The highest BCUT2D eigenvalue weighted by Crippen LogP contribution is 2.35. The van der Waals surface area contributed by atoms with Crippen molar-refractivity contribution in [3.05, 3.63) is 99.4 Å². The Balaban J connectivity index is 1.57. The Morgan fingerprint density at radius 2 is 1.88 bits per heavy atom. The molecule has 3 aromatic rings. The minimum atomic E-state index is -1.03. The van der Waals surface area contributed by atoms with E-state index in [1.807, 2.05) is 48.5 Å². The zero-order valence-corrected chi connectivity index (χ0v) is 19.1. The van der Waals surface area contributed by atoms with Crippen LogP contribution in [-0.2, 0) is 11.4 Å². The molecule has 1 amide bonds. The van der Waals surface area contributed by atoms with E-state index in [0.29, 0.717) is 33.1 Å². The highest BCUT2D eigenvalue weighted by Gasteiger charge is 2.30. The van der Waals surface area contributed by atoms with Crippen molar-refractivity contribution in [2.45, 2.75) is 6.61 Å². The molecule has 0 bridgehead atoms. The molecule has 4 rings (SSSR count). The van der Waals surface area contributed by atoms with Crippen LogP contribution >= 0.6 is 23.4 Å². The van der Waals surface area contributed by atoms with E-state index in [2.05, 4.69) is 4.99 Å². The summed E-state index contributed by atoms with van der Waals surface area (Å²) in [5, 5.41) is 10.3. The van der Waals surface area contributed by atoms with Crippen molar-refractivity contribution in [3.8, 4) is 5.75 Å². The standard InChI is InChI=1S/C25H19ClN2O4S/c1-28-23(29)22(33-25(28)27-19-10-6-9-17(13-19)24(30)31)14-16-7-3-5-12-21(16)32-15-18-8-2-4-11-20(18)26/h2-14H,15H2,1H3,(H,30,31). The van der Waals surface area contributed by atoms with Crippen LogP contribution in [0.5, 0.6) is 5.75 Å². The van der Waals surface area contributed by atoms with E-state index in [9.17, 15) is 14.7 Å². The number of aliphatic imine (C=N–C) groups is 1. The largest absolute Gasteiger partial charge is 0.488 e. The molecule has 1 N–H and O–H groups in total. The van der Waals surface area contributed by atoms with E-state index in [0.717, 1.165) is 11.1 Å². The number of para-hydroxylation sites is 1. The normalized spacial score (nSPS) is 15.9. The summed E-state index contributed by atoms with van der Waals surface area (Å²) in [6, 6.07) is 21.2. The fourth-order valence-electron chi connectivity index (χ4n) is 3.11. The molecule has 0 radical (unpaired) electrons. The molecule has 1 aliphatic heterocycles. The van der Waals surface area contributed by atoms with Gasteiger partial charge in [-0.25, -0.2) is 9.79 Å². The monoisotopic (exact) mass is 478 g/mol. The summed E-state index contributed by atoms with van der Waals surface area (Å²) in [4.78, 5) is 30.4. The third kappa shape index (κ3) is 5.27. The Labute approximate surface area is 200 Å². The molecule has 1 heterocycles. The van der Waals surface area contributed by atoms with Crippen LogP contribution in [0.3, 0.4) is 0 Å². The summed E-state index contributed by atoms with van der Waals surface area (Å²) in [5.41, 5.74) is 2.21. The van der Waals surface area contributed by atoms with Crippen LogP contribution in [-0.4, -0.2) is 34.1 Å². The summed E-state index contributed by atoms with van der Waals surface area (Å²) in [5.74, 6) is -0.607. The van der Waals surface area contributed by atoms with Crippen LogP contribution in [0.25, 0.3) is 6.08 Å². The summed E-state index contributed by atoms with van der Waals surface area (Å²) in [7, 11) is 1.63. The van der Waals surface area contributed by atoms with Crippen LogP contribution in [0, 0.1) is 0 Å². The first-order valence-electron chi connectivity index (χ1n) is 9.97. The van der Waals surface area contributed by atoms with E-state index >= 15 is 0 Å². The highest BCUT2D eigenvalue weighted by molar-refractivity contribution is 8.18. The van der Waals surface area contributed by atoms with E-state index < -0.39 is 5.97 Å². The number of carbonyl (C=O) groups excluding carboxylic acids is 1. The molecular weight excluding hydrogens is 460 g/mol. The average molecular weight is 479 g/mol. The lowest BCUT2D eigenvalue weighted by Crippen LogP contribution is -2.23. The number of rotatable bonds is 6. The van der Waals surface area contributed by atoms with Gasteiger partial charge in [0, 0.05) is 23.2 Å². The SMILES string of the molecule is CN1C(=O)C(=Cc2ccccc2OCc2ccccc2Cl)SC1=Nc1cccc(C(=O)O)c1. The van der Waals surface area contributed by atoms with E-state index in [4.69, 9.17) is 16.3 Å². The predicted molar refractivity (Wildman–Crippen MR) is 131 cm³/mol. The quantitative estimate of drug-likeness (QED) is 0.449. The van der Waals surface area contributed by atoms with Crippen LogP contribution < -0.4 is 4.74 Å². The van der Waals surface area contributed by atoms with Gasteiger partial charge in [-0.3, -0.25) is 9.69 Å². The fourth-order valence-corrected chi connectivity index (χ4v) is 4.28. The minimum Gasteiger partial charge on any atom is -0.488 e. The molecule has 1 saturated heterocycles. The van der Waals surface area contributed by atoms with Crippen LogP contribution in [0.4, 0.5) is 5.69 Å². The van der Waals surface area contributed by atoms with Crippen LogP contribution in [0.15, 0.2) is 82.7 Å². The molecule has 1 fully saturated rings. The number of amidine groups is 1. The first-order chi connectivity index (χ1) is 15.9. The van der Waals surface area contributed by atoms with Gasteiger partial charge < -0.3 is 9.84 Å². The lowest BCUT2D eigenvalue weighted by atomic mass is 10.1. The lowest BCUT2D eigenvalue weighted by Gasteiger charge is -2.10. The first-order valence-corrected chi connectivity index (χ1v) is 11.2. The molecule has 0 aliphatic carbocycles. The molecule has 0 atom stereocenters. The molecule has 33 heavy (non-hydrogen) atoms. The maximum absolute atomic E-state index is 12.8. The van der Waals surface area contributed by atoms with Crippen LogP contribution in [0.2, 0.25) is 5.02 Å². The zero-order valence-electron chi connectivity index (χ0n) is 17.6. The van der Waals surface area contributed by atoms with Crippen molar-refractivity contribution in [1.29, 1.82) is 0 Å². The number of nitrogens with zero attached hydrogens (tertiary/aromatic N) is 2. The number of hydrogen-bond donors (Lipinski definition) is 1. The molecule has 1 aliphatic rings.